The van der Waals surface area contributed by atoms with E-state index >= 15 is 0 Å². The van der Waals surface area contributed by atoms with E-state index in [1.165, 1.54) is 13.2 Å². The van der Waals surface area contributed by atoms with Crippen molar-refractivity contribution in [3.05, 3.63) is 18.2 Å². The maximum atomic E-state index is 11.7. The SMILES string of the molecule is COc1ccc(O)c(NC(=O)CCCCCCN)c1. The van der Waals surface area contributed by atoms with Gasteiger partial charge in [-0.3, -0.25) is 4.79 Å². The molecule has 0 radical (unpaired) electrons. The molecule has 1 rings (SSSR count). The maximum Gasteiger partial charge on any atom is 0.224 e. The molecule has 0 spiro atoms. The van der Waals surface area contributed by atoms with E-state index in [9.17, 15) is 9.90 Å². The second-order valence-electron chi connectivity index (χ2n) is 4.38. The van der Waals surface area contributed by atoms with Crippen molar-refractivity contribution in [2.24, 2.45) is 5.73 Å². The van der Waals surface area contributed by atoms with E-state index < -0.39 is 0 Å². The molecule has 0 atom stereocenters. The second-order valence-corrected chi connectivity index (χ2v) is 4.38. The summed E-state index contributed by atoms with van der Waals surface area (Å²) in [4.78, 5) is 11.7. The van der Waals surface area contributed by atoms with Crippen molar-refractivity contribution in [3.63, 3.8) is 0 Å². The largest absolute Gasteiger partial charge is 0.506 e. The van der Waals surface area contributed by atoms with Crippen LogP contribution in [0.1, 0.15) is 32.1 Å². The number of anilines is 1. The molecule has 5 nitrogen and oxygen atoms in total. The van der Waals surface area contributed by atoms with E-state index in [0.29, 0.717) is 24.4 Å². The quantitative estimate of drug-likeness (QED) is 0.497. The summed E-state index contributed by atoms with van der Waals surface area (Å²) in [6, 6.07) is 4.73. The number of nitrogens with two attached hydrogens (primary N) is 1. The molecule has 0 fully saturated rings. The average Bonchev–Trinajstić information content (AvgIpc) is 2.41. The summed E-state index contributed by atoms with van der Waals surface area (Å²) >= 11 is 0. The van der Waals surface area contributed by atoms with Gasteiger partial charge in [-0.1, -0.05) is 12.8 Å². The lowest BCUT2D eigenvalue weighted by atomic mass is 10.1. The van der Waals surface area contributed by atoms with E-state index in [1.807, 2.05) is 0 Å². The second kappa shape index (κ2) is 8.37. The van der Waals surface area contributed by atoms with Gasteiger partial charge < -0.3 is 20.9 Å². The maximum absolute atomic E-state index is 11.7. The highest BCUT2D eigenvalue weighted by Crippen LogP contribution is 2.27. The Morgan fingerprint density at radius 2 is 2.05 bits per heavy atom. The van der Waals surface area contributed by atoms with Crippen LogP contribution in [0.2, 0.25) is 0 Å². The Hall–Kier alpha value is -1.75. The molecule has 0 aliphatic heterocycles. The van der Waals surface area contributed by atoms with Crippen molar-refractivity contribution in [1.29, 1.82) is 0 Å². The lowest BCUT2D eigenvalue weighted by molar-refractivity contribution is -0.116. The van der Waals surface area contributed by atoms with Gasteiger partial charge in [0, 0.05) is 12.5 Å². The number of rotatable bonds is 8. The molecule has 19 heavy (non-hydrogen) atoms. The van der Waals surface area contributed by atoms with Gasteiger partial charge in [0.05, 0.1) is 12.8 Å². The fourth-order valence-corrected chi connectivity index (χ4v) is 1.74. The van der Waals surface area contributed by atoms with Gasteiger partial charge in [-0.2, -0.15) is 0 Å². The Labute approximate surface area is 113 Å². The third-order valence-corrected chi connectivity index (χ3v) is 2.84. The van der Waals surface area contributed by atoms with Crippen LogP contribution < -0.4 is 15.8 Å². The number of benzene rings is 1. The number of amides is 1. The van der Waals surface area contributed by atoms with Gasteiger partial charge in [0.25, 0.3) is 0 Å². The third kappa shape index (κ3) is 5.61. The highest BCUT2D eigenvalue weighted by atomic mass is 16.5. The van der Waals surface area contributed by atoms with Crippen LogP contribution >= 0.6 is 0 Å². The highest BCUT2D eigenvalue weighted by molar-refractivity contribution is 5.92. The fraction of sp³-hybridized carbons (Fsp3) is 0.500. The summed E-state index contributed by atoms with van der Waals surface area (Å²) in [5, 5.41) is 12.3. The van der Waals surface area contributed by atoms with Crippen LogP contribution in [-0.4, -0.2) is 24.7 Å². The van der Waals surface area contributed by atoms with Gasteiger partial charge in [-0.05, 0) is 31.5 Å². The van der Waals surface area contributed by atoms with Crippen molar-refractivity contribution >= 4 is 11.6 Å². The number of unbranched alkanes of at least 4 members (excludes halogenated alkanes) is 3. The topological polar surface area (TPSA) is 84.6 Å². The van der Waals surface area contributed by atoms with E-state index in [0.717, 1.165) is 25.7 Å². The molecule has 0 aliphatic rings. The molecular weight excluding hydrogens is 244 g/mol. The van der Waals surface area contributed by atoms with Gasteiger partial charge >= 0.3 is 0 Å². The molecule has 0 bridgehead atoms. The first-order valence-corrected chi connectivity index (χ1v) is 6.54. The molecule has 0 unspecified atom stereocenters. The number of nitrogens with one attached hydrogen (secondary N) is 1. The van der Waals surface area contributed by atoms with Crippen LogP contribution in [0.15, 0.2) is 18.2 Å². The predicted octanol–water partition coefficient (Wildman–Crippen LogP) is 2.25. The van der Waals surface area contributed by atoms with E-state index in [2.05, 4.69) is 5.32 Å². The number of phenolic OH excluding ortho intramolecular Hbond substituents is 1. The Balaban J connectivity index is 2.39. The van der Waals surface area contributed by atoms with E-state index in [-0.39, 0.29) is 11.7 Å². The first kappa shape index (κ1) is 15.3. The van der Waals surface area contributed by atoms with Crippen LogP contribution in [0.3, 0.4) is 0 Å². The highest BCUT2D eigenvalue weighted by Gasteiger charge is 2.07. The molecule has 0 aromatic heterocycles. The predicted molar refractivity (Wildman–Crippen MR) is 75.4 cm³/mol. The summed E-state index contributed by atoms with van der Waals surface area (Å²) in [6.45, 7) is 0.698. The van der Waals surface area contributed by atoms with Crippen LogP contribution in [0.4, 0.5) is 5.69 Å². The Morgan fingerprint density at radius 1 is 1.32 bits per heavy atom. The van der Waals surface area contributed by atoms with Crippen molar-refractivity contribution in [2.75, 3.05) is 19.0 Å². The van der Waals surface area contributed by atoms with Gasteiger partial charge in [0.2, 0.25) is 5.91 Å². The lowest BCUT2D eigenvalue weighted by Gasteiger charge is -2.09. The number of methoxy groups -OCH3 is 1. The molecule has 4 N–H and O–H groups in total. The number of aromatic hydroxyl groups is 1. The molecule has 1 aromatic carbocycles. The molecule has 0 heterocycles. The van der Waals surface area contributed by atoms with Gasteiger partial charge in [0.15, 0.2) is 0 Å². The number of carbonyl (C=O) groups excluding carboxylic acids is 1. The molecule has 0 aliphatic carbocycles. The van der Waals surface area contributed by atoms with Gasteiger partial charge in [-0.25, -0.2) is 0 Å². The summed E-state index contributed by atoms with van der Waals surface area (Å²) < 4.78 is 5.04. The Kier molecular flexibility index (Phi) is 6.74. The molecule has 106 valence electrons. The summed E-state index contributed by atoms with van der Waals surface area (Å²) in [5.41, 5.74) is 5.78. The van der Waals surface area contributed by atoms with Crippen molar-refractivity contribution in [1.82, 2.24) is 0 Å². The van der Waals surface area contributed by atoms with Crippen LogP contribution in [0.25, 0.3) is 0 Å². The summed E-state index contributed by atoms with van der Waals surface area (Å²) in [6.07, 6.45) is 4.32. The van der Waals surface area contributed by atoms with Crippen molar-refractivity contribution in [3.8, 4) is 11.5 Å². The first-order valence-electron chi connectivity index (χ1n) is 6.54. The van der Waals surface area contributed by atoms with Crippen molar-refractivity contribution in [2.45, 2.75) is 32.1 Å². The normalized spacial score (nSPS) is 10.2. The average molecular weight is 266 g/mol. The smallest absolute Gasteiger partial charge is 0.224 e. The monoisotopic (exact) mass is 266 g/mol. The Bertz CT molecular complexity index is 408. The Morgan fingerprint density at radius 3 is 2.74 bits per heavy atom. The minimum atomic E-state index is -0.101. The zero-order chi connectivity index (χ0) is 14.1. The number of hydrogen-bond acceptors (Lipinski definition) is 4. The molecule has 1 aromatic rings. The minimum Gasteiger partial charge on any atom is -0.506 e. The van der Waals surface area contributed by atoms with Gasteiger partial charge in [0.1, 0.15) is 11.5 Å². The van der Waals surface area contributed by atoms with E-state index in [4.69, 9.17) is 10.5 Å². The third-order valence-electron chi connectivity index (χ3n) is 2.84. The zero-order valence-corrected chi connectivity index (χ0v) is 11.3. The first-order chi connectivity index (χ1) is 9.17. The zero-order valence-electron chi connectivity index (χ0n) is 11.3. The lowest BCUT2D eigenvalue weighted by Crippen LogP contribution is -2.11. The van der Waals surface area contributed by atoms with Crippen LogP contribution in [-0.2, 0) is 4.79 Å². The number of phenols is 1. The molecule has 1 amide bonds. The van der Waals surface area contributed by atoms with Crippen LogP contribution in [0.5, 0.6) is 11.5 Å². The van der Waals surface area contributed by atoms with Crippen LogP contribution in [0, 0.1) is 0 Å². The van der Waals surface area contributed by atoms with Crippen molar-refractivity contribution < 1.29 is 14.6 Å². The number of carbonyl (C=O) groups is 1. The van der Waals surface area contributed by atoms with E-state index in [1.54, 1.807) is 12.1 Å². The van der Waals surface area contributed by atoms with Gasteiger partial charge in [-0.15, -0.1) is 0 Å². The summed E-state index contributed by atoms with van der Waals surface area (Å²) in [5.74, 6) is 0.532. The fourth-order valence-electron chi connectivity index (χ4n) is 1.74. The molecule has 0 saturated carbocycles. The minimum absolute atomic E-state index is 0.0391. The standard InChI is InChI=1S/C14H22N2O3/c1-19-11-7-8-13(17)12(10-11)16-14(18)6-4-2-3-5-9-15/h7-8,10,17H,2-6,9,15H2,1H3,(H,16,18). The number of ether oxygens (including phenoxy) is 1. The molecule has 5 heteroatoms. The molecule has 0 saturated heterocycles. The summed E-state index contributed by atoms with van der Waals surface area (Å²) in [7, 11) is 1.54. The number of hydrogen-bond donors (Lipinski definition) is 3. The molecular formula is C14H22N2O3.